The lowest BCUT2D eigenvalue weighted by Crippen LogP contribution is -2.47. The van der Waals surface area contributed by atoms with Crippen molar-refractivity contribution in [1.29, 1.82) is 0 Å². The first-order valence-corrected chi connectivity index (χ1v) is 17.2. The zero-order valence-electron chi connectivity index (χ0n) is 28.5. The van der Waals surface area contributed by atoms with Crippen LogP contribution in [0.25, 0.3) is 0 Å². The summed E-state index contributed by atoms with van der Waals surface area (Å²) in [6.07, 6.45) is 7.26. The highest BCUT2D eigenvalue weighted by Gasteiger charge is 2.31. The van der Waals surface area contributed by atoms with E-state index in [-0.39, 0.29) is 48.0 Å². The van der Waals surface area contributed by atoms with Crippen LogP contribution in [-0.4, -0.2) is 89.4 Å². The molecule has 47 heavy (non-hydrogen) atoms. The molecule has 1 fully saturated rings. The molecule has 2 amide bonds. The van der Waals surface area contributed by atoms with Gasteiger partial charge in [-0.2, -0.15) is 0 Å². The van der Waals surface area contributed by atoms with Crippen molar-refractivity contribution >= 4 is 23.5 Å². The number of aliphatic hydroxyl groups is 1. The number of fused-ring (bicyclic) bond motifs is 1. The second-order valence-electron chi connectivity index (χ2n) is 13.5. The number of carbonyl (C=O) groups excluding carboxylic acids is 2. The maximum absolute atomic E-state index is 14.4. The van der Waals surface area contributed by atoms with E-state index in [2.05, 4.69) is 17.1 Å². The van der Waals surface area contributed by atoms with E-state index in [0.29, 0.717) is 43.2 Å². The Balaban J connectivity index is 1.57. The number of aromatic carboxylic acids is 1. The predicted molar refractivity (Wildman–Crippen MR) is 182 cm³/mol. The number of carboxylic acids is 1. The highest BCUT2D eigenvalue weighted by molar-refractivity contribution is 6.00. The molecule has 3 N–H and O–H groups in total. The van der Waals surface area contributed by atoms with Gasteiger partial charge in [0.1, 0.15) is 5.75 Å². The molecule has 4 atom stereocenters. The summed E-state index contributed by atoms with van der Waals surface area (Å²) < 4.78 is 12.8. The first-order chi connectivity index (χ1) is 22.5. The fourth-order valence-electron chi connectivity index (χ4n) is 6.51. The molecule has 10 heteroatoms. The maximum atomic E-state index is 14.4. The first kappa shape index (κ1) is 36.4. The van der Waals surface area contributed by atoms with Gasteiger partial charge in [0.15, 0.2) is 0 Å². The Labute approximate surface area is 279 Å². The molecule has 2 aromatic rings. The lowest BCUT2D eigenvalue weighted by molar-refractivity contribution is -0.120. The topological polar surface area (TPSA) is 129 Å². The molecular formula is C37H53N3O7. The van der Waals surface area contributed by atoms with E-state index in [1.54, 1.807) is 35.2 Å². The standard InChI is InChI=1S/C37H53N3O7/c1-25-21-40(26(2)24-41)36(43)32-20-31(38-35(42)29-11-6-5-7-12-29)17-18-33(32)47-27(3)10-8-9-19-46-34(25)23-39(4)22-28-13-15-30(16-14-28)37(44)45/h13-18,20,25-27,29,34,41H,5-12,19,21-24H2,1-4H3,(H,38,42)(H,44,45)/t25-,26-,27+,34-/m1/s1. The van der Waals surface area contributed by atoms with Crippen LogP contribution in [0.1, 0.15) is 98.4 Å². The minimum Gasteiger partial charge on any atom is -0.490 e. The molecule has 1 aliphatic heterocycles. The van der Waals surface area contributed by atoms with Crippen molar-refractivity contribution in [3.63, 3.8) is 0 Å². The van der Waals surface area contributed by atoms with Crippen molar-refractivity contribution in [2.75, 3.05) is 38.7 Å². The Hall–Kier alpha value is -3.47. The van der Waals surface area contributed by atoms with Gasteiger partial charge in [-0.15, -0.1) is 0 Å². The zero-order valence-corrected chi connectivity index (χ0v) is 28.5. The summed E-state index contributed by atoms with van der Waals surface area (Å²) in [6.45, 7) is 7.82. The Morgan fingerprint density at radius 3 is 2.40 bits per heavy atom. The summed E-state index contributed by atoms with van der Waals surface area (Å²) in [7, 11) is 2.00. The molecule has 0 spiro atoms. The second kappa shape index (κ2) is 17.6. The second-order valence-corrected chi connectivity index (χ2v) is 13.5. The molecule has 2 aromatic carbocycles. The number of nitrogens with zero attached hydrogens (tertiary/aromatic N) is 2. The monoisotopic (exact) mass is 651 g/mol. The lowest BCUT2D eigenvalue weighted by atomic mass is 9.88. The van der Waals surface area contributed by atoms with Gasteiger partial charge in [0.2, 0.25) is 5.91 Å². The highest BCUT2D eigenvalue weighted by Crippen LogP contribution is 2.30. The van der Waals surface area contributed by atoms with Crippen LogP contribution in [0.5, 0.6) is 5.75 Å². The molecule has 0 aromatic heterocycles. The molecule has 4 rings (SSSR count). The number of anilines is 1. The van der Waals surface area contributed by atoms with Crippen molar-refractivity contribution in [2.45, 2.75) is 96.9 Å². The van der Waals surface area contributed by atoms with E-state index in [1.165, 1.54) is 0 Å². The van der Waals surface area contributed by atoms with E-state index in [1.807, 2.05) is 33.0 Å². The third-order valence-electron chi connectivity index (χ3n) is 9.44. The van der Waals surface area contributed by atoms with Crippen LogP contribution in [-0.2, 0) is 16.1 Å². The minimum absolute atomic E-state index is 0.0107. The summed E-state index contributed by atoms with van der Waals surface area (Å²) >= 11 is 0. The first-order valence-electron chi connectivity index (χ1n) is 17.2. The van der Waals surface area contributed by atoms with Crippen molar-refractivity contribution in [3.05, 3.63) is 59.2 Å². The van der Waals surface area contributed by atoms with E-state index in [4.69, 9.17) is 9.47 Å². The normalized spacial score (nSPS) is 22.6. The maximum Gasteiger partial charge on any atom is 0.335 e. The number of hydrogen-bond acceptors (Lipinski definition) is 7. The number of benzene rings is 2. The van der Waals surface area contributed by atoms with Crippen LogP contribution in [0.3, 0.4) is 0 Å². The smallest absolute Gasteiger partial charge is 0.335 e. The molecular weight excluding hydrogens is 598 g/mol. The van der Waals surface area contributed by atoms with Crippen LogP contribution in [0.2, 0.25) is 0 Å². The van der Waals surface area contributed by atoms with Crippen LogP contribution in [0, 0.1) is 11.8 Å². The summed E-state index contributed by atoms with van der Waals surface area (Å²) in [5.74, 6) is -0.854. The SMILES string of the molecule is C[C@@H]1CN([C@H](C)CO)C(=O)c2cc(NC(=O)C3CCCCC3)ccc2O[C@@H](C)CCCCO[C@@H]1CN(C)Cc1ccc(C(=O)O)cc1. The Bertz CT molecular complexity index is 1330. The molecule has 1 aliphatic carbocycles. The van der Waals surface area contributed by atoms with E-state index >= 15 is 0 Å². The zero-order chi connectivity index (χ0) is 33.9. The molecule has 0 radical (unpaired) electrons. The van der Waals surface area contributed by atoms with E-state index < -0.39 is 12.0 Å². The molecule has 258 valence electrons. The Morgan fingerprint density at radius 1 is 1.02 bits per heavy atom. The summed E-state index contributed by atoms with van der Waals surface area (Å²) in [6, 6.07) is 11.7. The van der Waals surface area contributed by atoms with Gasteiger partial charge < -0.3 is 29.9 Å². The van der Waals surface area contributed by atoms with E-state index in [0.717, 1.165) is 56.9 Å². The number of likely N-dealkylation sites (N-methyl/N-ethyl adjacent to an activating group) is 1. The molecule has 0 unspecified atom stereocenters. The van der Waals surface area contributed by atoms with Crippen LogP contribution >= 0.6 is 0 Å². The quantitative estimate of drug-likeness (QED) is 0.309. The average molecular weight is 652 g/mol. The number of aliphatic hydroxyl groups excluding tert-OH is 1. The van der Waals surface area contributed by atoms with Gasteiger partial charge in [0, 0.05) is 43.8 Å². The number of carboxylic acid groups (broad SMARTS) is 1. The molecule has 10 nitrogen and oxygen atoms in total. The summed E-state index contributed by atoms with van der Waals surface area (Å²) in [4.78, 5) is 42.6. The lowest BCUT2D eigenvalue weighted by Gasteiger charge is -2.36. The summed E-state index contributed by atoms with van der Waals surface area (Å²) in [5, 5.41) is 22.5. The Kier molecular flexibility index (Phi) is 13.6. The fraction of sp³-hybridized carbons (Fsp3) is 0.595. The average Bonchev–Trinajstić information content (AvgIpc) is 3.06. The fourth-order valence-corrected chi connectivity index (χ4v) is 6.51. The van der Waals surface area contributed by atoms with Gasteiger partial charge in [-0.1, -0.05) is 38.3 Å². The third-order valence-corrected chi connectivity index (χ3v) is 9.44. The molecule has 1 heterocycles. The van der Waals surface area contributed by atoms with Crippen LogP contribution < -0.4 is 10.1 Å². The molecule has 0 bridgehead atoms. The number of amides is 2. The van der Waals surface area contributed by atoms with Gasteiger partial charge in [0.05, 0.1) is 36.0 Å². The highest BCUT2D eigenvalue weighted by atomic mass is 16.5. The largest absolute Gasteiger partial charge is 0.490 e. The van der Waals surface area contributed by atoms with Gasteiger partial charge in [-0.3, -0.25) is 14.5 Å². The summed E-state index contributed by atoms with van der Waals surface area (Å²) in [5.41, 5.74) is 2.17. The Morgan fingerprint density at radius 2 is 1.72 bits per heavy atom. The van der Waals surface area contributed by atoms with Gasteiger partial charge in [0.25, 0.3) is 5.91 Å². The number of ether oxygens (including phenoxy) is 2. The van der Waals surface area contributed by atoms with Crippen molar-refractivity contribution in [1.82, 2.24) is 9.80 Å². The van der Waals surface area contributed by atoms with Gasteiger partial charge >= 0.3 is 5.97 Å². The van der Waals surface area contributed by atoms with Gasteiger partial charge in [-0.25, -0.2) is 4.79 Å². The molecule has 0 saturated heterocycles. The minimum atomic E-state index is -0.952. The number of nitrogens with one attached hydrogen (secondary N) is 1. The van der Waals surface area contributed by atoms with Crippen LogP contribution in [0.4, 0.5) is 5.69 Å². The number of carbonyl (C=O) groups is 3. The van der Waals surface area contributed by atoms with Crippen LogP contribution in [0.15, 0.2) is 42.5 Å². The third kappa shape index (κ3) is 10.5. The van der Waals surface area contributed by atoms with E-state index in [9.17, 15) is 24.6 Å². The predicted octanol–water partition coefficient (Wildman–Crippen LogP) is 5.83. The van der Waals surface area contributed by atoms with Crippen molar-refractivity contribution in [2.24, 2.45) is 11.8 Å². The van der Waals surface area contributed by atoms with Crippen molar-refractivity contribution < 1.29 is 34.1 Å². The van der Waals surface area contributed by atoms with Crippen molar-refractivity contribution in [3.8, 4) is 5.75 Å². The molecule has 2 aliphatic rings. The number of rotatable bonds is 9. The van der Waals surface area contributed by atoms with Gasteiger partial charge in [-0.05, 0) is 88.9 Å². The molecule has 1 saturated carbocycles. The number of hydrogen-bond donors (Lipinski definition) is 3.